The summed E-state index contributed by atoms with van der Waals surface area (Å²) in [5.74, 6) is -0.615. The summed E-state index contributed by atoms with van der Waals surface area (Å²) in [5, 5.41) is 4.14. The highest BCUT2D eigenvalue weighted by Gasteiger charge is 2.55. The molecule has 3 atom stereocenters. The zero-order valence-electron chi connectivity index (χ0n) is 16.0. The normalized spacial score (nSPS) is 24.9. The van der Waals surface area contributed by atoms with E-state index in [2.05, 4.69) is 5.10 Å². The number of aromatic nitrogens is 3. The van der Waals surface area contributed by atoms with Crippen LogP contribution in [0, 0.1) is 5.92 Å². The Labute approximate surface area is 169 Å². The van der Waals surface area contributed by atoms with Crippen LogP contribution < -0.4 is 19.6 Å². The number of carbonyl (C=O) groups excluding carboxylic acids is 1. The summed E-state index contributed by atoms with van der Waals surface area (Å²) < 4.78 is 15.0. The minimum Gasteiger partial charge on any atom is -0.469 e. The molecule has 8 nitrogen and oxygen atoms in total. The molecule has 0 aliphatic carbocycles. The lowest BCUT2D eigenvalue weighted by Gasteiger charge is -2.44. The van der Waals surface area contributed by atoms with Crippen molar-refractivity contribution in [2.45, 2.75) is 18.7 Å². The van der Waals surface area contributed by atoms with Crippen molar-refractivity contribution in [3.05, 3.63) is 67.5 Å². The molecular formula is C20H18N4O4S. The van der Waals surface area contributed by atoms with Gasteiger partial charge < -0.3 is 9.47 Å². The van der Waals surface area contributed by atoms with E-state index in [0.717, 1.165) is 11.1 Å². The number of fused-ring (bicyclic) bond motifs is 6. The molecule has 148 valence electrons. The minimum atomic E-state index is -1.16. The van der Waals surface area contributed by atoms with Crippen molar-refractivity contribution in [3.8, 4) is 5.75 Å². The number of ether oxygens (including phenoxy) is 2. The van der Waals surface area contributed by atoms with E-state index in [9.17, 15) is 9.59 Å². The average Bonchev–Trinajstić information content (AvgIpc) is 3.23. The molecule has 2 bridgehead atoms. The van der Waals surface area contributed by atoms with Gasteiger partial charge >= 0.3 is 5.97 Å². The Bertz CT molecular complexity index is 1320. The van der Waals surface area contributed by atoms with Crippen LogP contribution in [-0.2, 0) is 16.6 Å². The van der Waals surface area contributed by atoms with Crippen LogP contribution in [0.15, 0.2) is 46.4 Å². The summed E-state index contributed by atoms with van der Waals surface area (Å²) in [6, 6.07) is 6.87. The molecule has 0 radical (unpaired) electrons. The van der Waals surface area contributed by atoms with Crippen molar-refractivity contribution in [2.24, 2.45) is 18.0 Å². The molecule has 0 N–H and O–H groups in total. The van der Waals surface area contributed by atoms with Gasteiger partial charge in [0.15, 0.2) is 4.80 Å². The Kier molecular flexibility index (Phi) is 3.79. The number of carbonyl (C=O) groups is 1. The van der Waals surface area contributed by atoms with E-state index in [1.807, 2.05) is 37.5 Å². The van der Waals surface area contributed by atoms with Crippen LogP contribution in [-0.4, -0.2) is 33.2 Å². The standard InChI is InChI=1S/C20H18N4O4S/c1-20-15(18(26)27-3)16(12-6-4-5-7-13(12)28-20)24-17(25)14(29-19(24)22-20)8-11-9-21-23(2)10-11/h4-10,15-16H,1-3H3/b14-8+/t15-,16+,20-/m0/s1. The maximum absolute atomic E-state index is 13.4. The molecule has 0 unspecified atom stereocenters. The number of methoxy groups -OCH3 is 1. The smallest absolute Gasteiger partial charge is 0.317 e. The van der Waals surface area contributed by atoms with Crippen LogP contribution in [0.25, 0.3) is 6.08 Å². The van der Waals surface area contributed by atoms with Gasteiger partial charge in [-0.05, 0) is 19.1 Å². The number of nitrogens with zero attached hydrogens (tertiary/aromatic N) is 4. The molecule has 9 heteroatoms. The summed E-state index contributed by atoms with van der Waals surface area (Å²) in [5.41, 5.74) is 0.230. The van der Waals surface area contributed by atoms with E-state index in [0.29, 0.717) is 15.1 Å². The van der Waals surface area contributed by atoms with Crippen LogP contribution >= 0.6 is 11.3 Å². The third kappa shape index (κ3) is 2.57. The number of para-hydroxylation sites is 1. The molecule has 4 heterocycles. The first-order chi connectivity index (χ1) is 13.9. The van der Waals surface area contributed by atoms with E-state index in [4.69, 9.17) is 14.5 Å². The zero-order valence-corrected chi connectivity index (χ0v) is 16.8. The predicted molar refractivity (Wildman–Crippen MR) is 105 cm³/mol. The number of hydrogen-bond donors (Lipinski definition) is 0. The second kappa shape index (κ2) is 6.15. The molecule has 29 heavy (non-hydrogen) atoms. The highest BCUT2D eigenvalue weighted by molar-refractivity contribution is 7.07. The highest BCUT2D eigenvalue weighted by Crippen LogP contribution is 2.47. The van der Waals surface area contributed by atoms with E-state index in [1.54, 1.807) is 28.4 Å². The summed E-state index contributed by atoms with van der Waals surface area (Å²) in [7, 11) is 3.15. The molecule has 0 saturated heterocycles. The van der Waals surface area contributed by atoms with Crippen LogP contribution in [0.2, 0.25) is 0 Å². The van der Waals surface area contributed by atoms with E-state index < -0.39 is 23.7 Å². The van der Waals surface area contributed by atoms with Crippen LogP contribution in [0.3, 0.4) is 0 Å². The second-order valence-corrected chi connectivity index (χ2v) is 8.28. The van der Waals surface area contributed by atoms with Gasteiger partial charge in [-0.2, -0.15) is 5.10 Å². The van der Waals surface area contributed by atoms with Gasteiger partial charge in [-0.1, -0.05) is 29.5 Å². The van der Waals surface area contributed by atoms with Crippen LogP contribution in [0.1, 0.15) is 24.1 Å². The lowest BCUT2D eigenvalue weighted by atomic mass is 9.81. The summed E-state index contributed by atoms with van der Waals surface area (Å²) in [6.07, 6.45) is 5.30. The molecule has 5 rings (SSSR count). The third-order valence-corrected chi connectivity index (χ3v) is 6.34. The molecule has 2 aliphatic rings. The largest absolute Gasteiger partial charge is 0.469 e. The second-order valence-electron chi connectivity index (χ2n) is 7.27. The first-order valence-corrected chi connectivity index (χ1v) is 9.90. The number of hydrogen-bond acceptors (Lipinski definition) is 7. The number of rotatable bonds is 2. The fourth-order valence-corrected chi connectivity index (χ4v) is 5.20. The van der Waals surface area contributed by atoms with Crippen LogP contribution in [0.5, 0.6) is 5.75 Å². The summed E-state index contributed by atoms with van der Waals surface area (Å²) in [4.78, 5) is 31.3. The SMILES string of the molecule is COC(=O)[C@@H]1[C@H]2c3ccccc3O[C@]1(C)N=c1s/c(=C/c3cnn(C)c3)c(=O)n12. The van der Waals surface area contributed by atoms with Gasteiger partial charge in [0.05, 0.1) is 23.9 Å². The van der Waals surface area contributed by atoms with Gasteiger partial charge in [0.1, 0.15) is 11.7 Å². The predicted octanol–water partition coefficient (Wildman–Crippen LogP) is 0.592. The van der Waals surface area contributed by atoms with Crippen molar-refractivity contribution in [1.29, 1.82) is 0 Å². The Hall–Kier alpha value is -3.20. The van der Waals surface area contributed by atoms with Gasteiger partial charge in [-0.25, -0.2) is 4.99 Å². The van der Waals surface area contributed by atoms with Crippen molar-refractivity contribution in [1.82, 2.24) is 14.3 Å². The molecular weight excluding hydrogens is 392 g/mol. The Morgan fingerprint density at radius 3 is 2.90 bits per heavy atom. The van der Waals surface area contributed by atoms with Crippen LogP contribution in [0.4, 0.5) is 0 Å². The number of thiazole rings is 1. The maximum Gasteiger partial charge on any atom is 0.317 e. The molecule has 0 fully saturated rings. The number of benzene rings is 1. The molecule has 2 aromatic heterocycles. The van der Waals surface area contributed by atoms with E-state index in [-0.39, 0.29) is 5.56 Å². The minimum absolute atomic E-state index is 0.199. The molecule has 3 aromatic rings. The third-order valence-electron chi connectivity index (χ3n) is 5.36. The fraction of sp³-hybridized carbons (Fsp3) is 0.300. The van der Waals surface area contributed by atoms with Gasteiger partial charge in [0, 0.05) is 24.4 Å². The van der Waals surface area contributed by atoms with Gasteiger partial charge in [-0.3, -0.25) is 18.8 Å². The van der Waals surface area contributed by atoms with Gasteiger partial charge in [0.2, 0.25) is 5.72 Å². The van der Waals surface area contributed by atoms with E-state index >= 15 is 0 Å². The van der Waals surface area contributed by atoms with E-state index in [1.165, 1.54) is 18.4 Å². The Morgan fingerprint density at radius 1 is 1.38 bits per heavy atom. The molecule has 0 spiro atoms. The topological polar surface area (TPSA) is 87.7 Å². The lowest BCUT2D eigenvalue weighted by Crippen LogP contribution is -2.58. The monoisotopic (exact) mass is 410 g/mol. The van der Waals surface area contributed by atoms with Gasteiger partial charge in [-0.15, -0.1) is 0 Å². The van der Waals surface area contributed by atoms with Crippen molar-refractivity contribution >= 4 is 23.4 Å². The first kappa shape index (κ1) is 17.9. The molecule has 0 amide bonds. The van der Waals surface area contributed by atoms with Crippen molar-refractivity contribution in [3.63, 3.8) is 0 Å². The highest BCUT2D eigenvalue weighted by atomic mass is 32.1. The number of esters is 1. The zero-order chi connectivity index (χ0) is 20.3. The lowest BCUT2D eigenvalue weighted by molar-refractivity contribution is -0.158. The Morgan fingerprint density at radius 2 is 2.17 bits per heavy atom. The maximum atomic E-state index is 13.4. The summed E-state index contributed by atoms with van der Waals surface area (Å²) in [6.45, 7) is 1.76. The summed E-state index contributed by atoms with van der Waals surface area (Å²) >= 11 is 1.28. The van der Waals surface area contributed by atoms with Gasteiger partial charge in [0.25, 0.3) is 5.56 Å². The molecule has 2 aliphatic heterocycles. The average molecular weight is 410 g/mol. The molecule has 0 saturated carbocycles. The van der Waals surface area contributed by atoms with Crippen molar-refractivity contribution in [2.75, 3.05) is 7.11 Å². The quantitative estimate of drug-likeness (QED) is 0.577. The molecule has 1 aromatic carbocycles. The first-order valence-electron chi connectivity index (χ1n) is 9.08. The number of aryl methyl sites for hydroxylation is 1. The van der Waals surface area contributed by atoms with Crippen molar-refractivity contribution < 1.29 is 14.3 Å². The Balaban J connectivity index is 1.81. The fourth-order valence-electron chi connectivity index (χ4n) is 4.10.